The van der Waals surface area contributed by atoms with Gasteiger partial charge in [0.2, 0.25) is 5.91 Å². The fourth-order valence-electron chi connectivity index (χ4n) is 2.42. The molecule has 0 atom stereocenters. The molecule has 21 heavy (non-hydrogen) atoms. The number of amides is 1. The Balaban J connectivity index is 2.39. The molecule has 0 fully saturated rings. The average Bonchev–Trinajstić information content (AvgIpc) is 2.96. The molecule has 0 saturated heterocycles. The Bertz CT molecular complexity index is 631. The van der Waals surface area contributed by atoms with Crippen LogP contribution in [0.5, 0.6) is 0 Å². The summed E-state index contributed by atoms with van der Waals surface area (Å²) in [5.74, 6) is 0.964. The Kier molecular flexibility index (Phi) is 5.22. The predicted octanol–water partition coefficient (Wildman–Crippen LogP) is 1.99. The van der Waals surface area contributed by atoms with E-state index in [1.54, 1.807) is 4.68 Å². The first kappa shape index (κ1) is 15.8. The molecule has 2 rings (SSSR count). The standard InChI is InChI=1S/C14H22ClN5O/c1-4-6-10-13-14(19(3)18-10)20(11(8-15)17-13)9-12(21)16-7-5-2/h4-9H2,1-3H3,(H,16,21). The minimum atomic E-state index is -0.0271. The fraction of sp³-hybridized carbons (Fsp3) is 0.643. The lowest BCUT2D eigenvalue weighted by atomic mass is 10.2. The second kappa shape index (κ2) is 6.93. The van der Waals surface area contributed by atoms with Crippen LogP contribution < -0.4 is 5.32 Å². The summed E-state index contributed by atoms with van der Waals surface area (Å²) >= 11 is 5.99. The van der Waals surface area contributed by atoms with Gasteiger partial charge in [-0.15, -0.1) is 11.6 Å². The molecule has 0 aliphatic carbocycles. The van der Waals surface area contributed by atoms with Crippen LogP contribution in [0.25, 0.3) is 11.2 Å². The van der Waals surface area contributed by atoms with Gasteiger partial charge in [-0.3, -0.25) is 9.48 Å². The number of fused-ring (bicyclic) bond motifs is 1. The zero-order valence-electron chi connectivity index (χ0n) is 12.8. The molecule has 6 nitrogen and oxygen atoms in total. The number of halogens is 1. The molecule has 116 valence electrons. The molecule has 0 bridgehead atoms. The second-order valence-corrected chi connectivity index (χ2v) is 5.36. The molecule has 7 heteroatoms. The summed E-state index contributed by atoms with van der Waals surface area (Å²) in [5, 5.41) is 7.38. The number of carbonyl (C=O) groups excluding carboxylic acids is 1. The highest BCUT2D eigenvalue weighted by molar-refractivity contribution is 6.16. The number of rotatable bonds is 7. The number of carbonyl (C=O) groups is 1. The van der Waals surface area contributed by atoms with Crippen molar-refractivity contribution in [1.82, 2.24) is 24.6 Å². The minimum Gasteiger partial charge on any atom is -0.355 e. The van der Waals surface area contributed by atoms with Gasteiger partial charge >= 0.3 is 0 Å². The molecule has 2 aromatic heterocycles. The highest BCUT2D eigenvalue weighted by Crippen LogP contribution is 2.21. The Morgan fingerprint density at radius 3 is 2.71 bits per heavy atom. The van der Waals surface area contributed by atoms with Crippen molar-refractivity contribution in [3.8, 4) is 0 Å². The summed E-state index contributed by atoms with van der Waals surface area (Å²) in [6, 6.07) is 0. The SMILES string of the molecule is CCCNC(=O)Cn1c(CCl)nc2c(CCC)nn(C)c21. The number of alkyl halides is 1. The van der Waals surface area contributed by atoms with Crippen molar-refractivity contribution >= 4 is 28.7 Å². The van der Waals surface area contributed by atoms with Crippen molar-refractivity contribution in [1.29, 1.82) is 0 Å². The Morgan fingerprint density at radius 2 is 2.10 bits per heavy atom. The number of aryl methyl sites for hydroxylation is 2. The van der Waals surface area contributed by atoms with Gasteiger partial charge in [0.25, 0.3) is 0 Å². The summed E-state index contributed by atoms with van der Waals surface area (Å²) in [6.07, 6.45) is 2.80. The number of nitrogens with zero attached hydrogens (tertiary/aromatic N) is 4. The van der Waals surface area contributed by atoms with Gasteiger partial charge in [-0.1, -0.05) is 20.3 Å². The van der Waals surface area contributed by atoms with Crippen LogP contribution in [0.4, 0.5) is 0 Å². The highest BCUT2D eigenvalue weighted by Gasteiger charge is 2.19. The Hall–Kier alpha value is -1.56. The van der Waals surface area contributed by atoms with Crippen LogP contribution in [0.15, 0.2) is 0 Å². The summed E-state index contributed by atoms with van der Waals surface area (Å²) in [7, 11) is 1.88. The van der Waals surface area contributed by atoms with E-state index in [9.17, 15) is 4.79 Å². The van der Waals surface area contributed by atoms with Crippen molar-refractivity contribution in [3.63, 3.8) is 0 Å². The predicted molar refractivity (Wildman–Crippen MR) is 83.4 cm³/mol. The number of nitrogens with one attached hydrogen (secondary N) is 1. The van der Waals surface area contributed by atoms with Gasteiger partial charge in [0.05, 0.1) is 11.6 Å². The van der Waals surface area contributed by atoms with Gasteiger partial charge in [0.1, 0.15) is 17.9 Å². The van der Waals surface area contributed by atoms with Crippen LogP contribution in [-0.4, -0.2) is 31.8 Å². The maximum absolute atomic E-state index is 12.0. The van der Waals surface area contributed by atoms with Crippen LogP contribution >= 0.6 is 11.6 Å². The molecule has 1 N–H and O–H groups in total. The van der Waals surface area contributed by atoms with E-state index in [0.717, 1.165) is 36.1 Å². The van der Waals surface area contributed by atoms with E-state index in [4.69, 9.17) is 11.6 Å². The van der Waals surface area contributed by atoms with Gasteiger partial charge < -0.3 is 9.88 Å². The van der Waals surface area contributed by atoms with Crippen LogP contribution in [0, 0.1) is 0 Å². The number of hydrogen-bond donors (Lipinski definition) is 1. The first-order valence-corrected chi connectivity index (χ1v) is 7.89. The summed E-state index contributed by atoms with van der Waals surface area (Å²) < 4.78 is 3.65. The quantitative estimate of drug-likeness (QED) is 0.795. The Labute approximate surface area is 129 Å². The fourth-order valence-corrected chi connectivity index (χ4v) is 2.63. The molecule has 0 aromatic carbocycles. The number of aromatic nitrogens is 4. The second-order valence-electron chi connectivity index (χ2n) is 5.09. The molecule has 0 radical (unpaired) electrons. The van der Waals surface area contributed by atoms with Gasteiger partial charge in [0.15, 0.2) is 5.65 Å². The molecule has 0 spiro atoms. The third-order valence-electron chi connectivity index (χ3n) is 3.35. The maximum atomic E-state index is 12.0. The number of imidazole rings is 1. The van der Waals surface area contributed by atoms with E-state index in [2.05, 4.69) is 22.3 Å². The third-order valence-corrected chi connectivity index (χ3v) is 3.59. The van der Waals surface area contributed by atoms with Gasteiger partial charge in [-0.25, -0.2) is 4.98 Å². The highest BCUT2D eigenvalue weighted by atomic mass is 35.5. The molecule has 1 amide bonds. The molecule has 0 aliphatic heterocycles. The normalized spacial score (nSPS) is 11.2. The van der Waals surface area contributed by atoms with Crippen molar-refractivity contribution in [2.24, 2.45) is 7.05 Å². The average molecular weight is 312 g/mol. The van der Waals surface area contributed by atoms with Crippen LogP contribution in [0.3, 0.4) is 0 Å². The largest absolute Gasteiger partial charge is 0.355 e. The third kappa shape index (κ3) is 3.20. The maximum Gasteiger partial charge on any atom is 0.240 e. The number of hydrogen-bond acceptors (Lipinski definition) is 3. The van der Waals surface area contributed by atoms with E-state index in [0.29, 0.717) is 12.4 Å². The van der Waals surface area contributed by atoms with Crippen molar-refractivity contribution in [2.45, 2.75) is 45.5 Å². The molecule has 0 saturated carbocycles. The van der Waals surface area contributed by atoms with Crippen LogP contribution in [0.1, 0.15) is 38.2 Å². The molecule has 2 heterocycles. The van der Waals surface area contributed by atoms with E-state index >= 15 is 0 Å². The summed E-state index contributed by atoms with van der Waals surface area (Å²) in [4.78, 5) is 16.6. The molecular weight excluding hydrogens is 290 g/mol. The first-order valence-electron chi connectivity index (χ1n) is 7.35. The van der Waals surface area contributed by atoms with Gasteiger partial charge in [-0.2, -0.15) is 5.10 Å². The molecule has 0 unspecified atom stereocenters. The van der Waals surface area contributed by atoms with E-state index in [1.165, 1.54) is 0 Å². The zero-order valence-corrected chi connectivity index (χ0v) is 13.6. The van der Waals surface area contributed by atoms with Gasteiger partial charge in [0, 0.05) is 13.6 Å². The molecular formula is C14H22ClN5O. The first-order chi connectivity index (χ1) is 10.1. The van der Waals surface area contributed by atoms with Gasteiger partial charge in [-0.05, 0) is 12.8 Å². The molecule has 2 aromatic rings. The lowest BCUT2D eigenvalue weighted by molar-refractivity contribution is -0.121. The van der Waals surface area contributed by atoms with Crippen molar-refractivity contribution in [2.75, 3.05) is 6.54 Å². The van der Waals surface area contributed by atoms with E-state index < -0.39 is 0 Å². The minimum absolute atomic E-state index is 0.0271. The Morgan fingerprint density at radius 1 is 1.33 bits per heavy atom. The van der Waals surface area contributed by atoms with E-state index in [1.807, 2.05) is 18.5 Å². The summed E-state index contributed by atoms with van der Waals surface area (Å²) in [5.41, 5.74) is 2.69. The summed E-state index contributed by atoms with van der Waals surface area (Å²) in [6.45, 7) is 5.04. The van der Waals surface area contributed by atoms with E-state index in [-0.39, 0.29) is 18.3 Å². The topological polar surface area (TPSA) is 64.7 Å². The van der Waals surface area contributed by atoms with Crippen LogP contribution in [0.2, 0.25) is 0 Å². The van der Waals surface area contributed by atoms with Crippen molar-refractivity contribution in [3.05, 3.63) is 11.5 Å². The zero-order chi connectivity index (χ0) is 15.4. The monoisotopic (exact) mass is 311 g/mol. The van der Waals surface area contributed by atoms with Crippen molar-refractivity contribution < 1.29 is 4.79 Å². The lowest BCUT2D eigenvalue weighted by Crippen LogP contribution is -2.29. The smallest absolute Gasteiger partial charge is 0.240 e. The lowest BCUT2D eigenvalue weighted by Gasteiger charge is -2.08. The van der Waals surface area contributed by atoms with Crippen LogP contribution in [-0.2, 0) is 30.7 Å². The molecule has 0 aliphatic rings.